The van der Waals surface area contributed by atoms with Crippen molar-refractivity contribution in [2.45, 2.75) is 25.6 Å². The molecule has 1 aliphatic rings. The van der Waals surface area contributed by atoms with Crippen LogP contribution in [0.4, 0.5) is 0 Å². The lowest BCUT2D eigenvalue weighted by atomic mass is 10.1. The summed E-state index contributed by atoms with van der Waals surface area (Å²) in [6.07, 6.45) is 5.35. The average molecular weight is 304 g/mol. The molecule has 0 N–H and O–H groups in total. The van der Waals surface area contributed by atoms with Gasteiger partial charge < -0.3 is 4.74 Å². The van der Waals surface area contributed by atoms with E-state index < -0.39 is 0 Å². The van der Waals surface area contributed by atoms with Gasteiger partial charge in [0, 0.05) is 42.1 Å². The second-order valence-electron chi connectivity index (χ2n) is 5.40. The van der Waals surface area contributed by atoms with Crippen molar-refractivity contribution in [3.05, 3.63) is 59.1 Å². The lowest BCUT2D eigenvalue weighted by Gasteiger charge is -2.38. The van der Waals surface area contributed by atoms with Crippen LogP contribution >= 0.6 is 11.6 Å². The molecule has 0 saturated carbocycles. The smallest absolute Gasteiger partial charge is 0.115 e. The van der Waals surface area contributed by atoms with Crippen LogP contribution in [0.1, 0.15) is 24.2 Å². The Labute approximate surface area is 129 Å². The largest absolute Gasteiger partial charge is 0.371 e. The number of halogens is 1. The van der Waals surface area contributed by atoms with E-state index in [0.29, 0.717) is 12.6 Å². The summed E-state index contributed by atoms with van der Waals surface area (Å²) in [5.74, 6) is 0. The first-order valence-corrected chi connectivity index (χ1v) is 7.45. The monoisotopic (exact) mass is 303 g/mol. The Kier molecular flexibility index (Phi) is 4.48. The second kappa shape index (κ2) is 6.52. The highest BCUT2D eigenvalue weighted by atomic mass is 35.5. The van der Waals surface area contributed by atoms with E-state index in [4.69, 9.17) is 16.3 Å². The fraction of sp³-hybridized carbons (Fsp3) is 0.375. The van der Waals surface area contributed by atoms with Crippen molar-refractivity contribution in [3.63, 3.8) is 0 Å². The van der Waals surface area contributed by atoms with Crippen LogP contribution < -0.4 is 0 Å². The minimum Gasteiger partial charge on any atom is -0.371 e. The van der Waals surface area contributed by atoms with Crippen molar-refractivity contribution in [1.29, 1.82) is 0 Å². The minimum absolute atomic E-state index is 0.0598. The maximum atomic E-state index is 6.07. The van der Waals surface area contributed by atoms with Gasteiger partial charge in [0.1, 0.15) is 6.33 Å². The maximum absolute atomic E-state index is 6.07. The third-order valence-corrected chi connectivity index (χ3v) is 4.02. The Morgan fingerprint density at radius 2 is 2.14 bits per heavy atom. The molecule has 1 aromatic heterocycles. The molecule has 0 aliphatic carbocycles. The second-order valence-corrected chi connectivity index (χ2v) is 5.84. The van der Waals surface area contributed by atoms with Gasteiger partial charge in [0.2, 0.25) is 0 Å². The van der Waals surface area contributed by atoms with Crippen LogP contribution in [0.5, 0.6) is 0 Å². The van der Waals surface area contributed by atoms with E-state index in [2.05, 4.69) is 27.9 Å². The summed E-state index contributed by atoms with van der Waals surface area (Å²) >= 11 is 6.07. The van der Waals surface area contributed by atoms with Gasteiger partial charge in [0.25, 0.3) is 0 Å². The van der Waals surface area contributed by atoms with Crippen LogP contribution in [-0.2, 0) is 11.3 Å². The molecule has 3 rings (SSSR count). The molecule has 0 unspecified atom stereocenters. The lowest BCUT2D eigenvalue weighted by molar-refractivity contribution is -0.0633. The van der Waals surface area contributed by atoms with Crippen molar-refractivity contribution in [2.75, 3.05) is 13.2 Å². The van der Waals surface area contributed by atoms with E-state index in [-0.39, 0.29) is 6.10 Å². The first-order valence-electron chi connectivity index (χ1n) is 7.07. The van der Waals surface area contributed by atoms with Gasteiger partial charge >= 0.3 is 0 Å². The maximum Gasteiger partial charge on any atom is 0.115 e. The molecular formula is C16H18ClN3O. The van der Waals surface area contributed by atoms with Crippen LogP contribution in [0.2, 0.25) is 5.02 Å². The minimum atomic E-state index is 0.0598. The Morgan fingerprint density at radius 3 is 2.90 bits per heavy atom. The number of benzene rings is 1. The molecule has 1 aliphatic heterocycles. The molecule has 0 amide bonds. The summed E-state index contributed by atoms with van der Waals surface area (Å²) < 4.78 is 5.97. The van der Waals surface area contributed by atoms with Crippen molar-refractivity contribution in [2.24, 2.45) is 0 Å². The average Bonchev–Trinajstić information content (AvgIpc) is 2.50. The Balaban J connectivity index is 1.72. The molecule has 1 aromatic carbocycles. The molecule has 1 fully saturated rings. The number of rotatable bonds is 3. The van der Waals surface area contributed by atoms with Crippen molar-refractivity contribution in [3.8, 4) is 0 Å². The zero-order valence-corrected chi connectivity index (χ0v) is 12.7. The number of hydrogen-bond acceptors (Lipinski definition) is 4. The predicted molar refractivity (Wildman–Crippen MR) is 82.0 cm³/mol. The molecule has 21 heavy (non-hydrogen) atoms. The van der Waals surface area contributed by atoms with Gasteiger partial charge in [-0.25, -0.2) is 9.97 Å². The summed E-state index contributed by atoms with van der Waals surface area (Å²) in [6.45, 7) is 4.57. The van der Waals surface area contributed by atoms with Gasteiger partial charge in [-0.3, -0.25) is 4.90 Å². The van der Waals surface area contributed by atoms with Gasteiger partial charge in [-0.2, -0.15) is 0 Å². The van der Waals surface area contributed by atoms with Gasteiger partial charge in [0.15, 0.2) is 0 Å². The van der Waals surface area contributed by atoms with E-state index in [0.717, 1.165) is 29.2 Å². The highest BCUT2D eigenvalue weighted by Gasteiger charge is 2.27. The zero-order chi connectivity index (χ0) is 14.7. The van der Waals surface area contributed by atoms with Crippen LogP contribution in [-0.4, -0.2) is 34.1 Å². The van der Waals surface area contributed by atoms with Crippen LogP contribution in [0.25, 0.3) is 0 Å². The number of aromatic nitrogens is 2. The van der Waals surface area contributed by atoms with E-state index in [1.165, 1.54) is 0 Å². The van der Waals surface area contributed by atoms with Gasteiger partial charge in [0.05, 0.1) is 12.7 Å². The Morgan fingerprint density at radius 1 is 1.33 bits per heavy atom. The first-order chi connectivity index (χ1) is 10.2. The number of ether oxygens (including phenoxy) is 1. The number of nitrogens with zero attached hydrogens (tertiary/aromatic N) is 3. The summed E-state index contributed by atoms with van der Waals surface area (Å²) in [7, 11) is 0. The first kappa shape index (κ1) is 14.4. The van der Waals surface area contributed by atoms with Crippen molar-refractivity contribution in [1.82, 2.24) is 14.9 Å². The van der Waals surface area contributed by atoms with Crippen LogP contribution in [0.15, 0.2) is 43.0 Å². The summed E-state index contributed by atoms with van der Waals surface area (Å²) in [5, 5.41) is 0.748. The molecule has 4 nitrogen and oxygen atoms in total. The Bertz CT molecular complexity index is 593. The standard InChI is InChI=1S/C16H18ClN3O/c1-12-10-21-16(14-3-2-4-15(17)5-14)9-20(12)8-13-6-18-11-19-7-13/h2-7,11-12,16H,8-10H2,1H3/t12-,16+/m1/s1. The number of hydrogen-bond donors (Lipinski definition) is 0. The molecular weight excluding hydrogens is 286 g/mol. The van der Waals surface area contributed by atoms with E-state index in [9.17, 15) is 0 Å². The van der Waals surface area contributed by atoms with Crippen LogP contribution in [0.3, 0.4) is 0 Å². The quantitative estimate of drug-likeness (QED) is 0.873. The molecule has 2 heterocycles. The zero-order valence-electron chi connectivity index (χ0n) is 11.9. The van der Waals surface area contributed by atoms with Crippen LogP contribution in [0, 0.1) is 0 Å². The van der Waals surface area contributed by atoms with Crippen molar-refractivity contribution < 1.29 is 4.74 Å². The van der Waals surface area contributed by atoms with E-state index >= 15 is 0 Å². The molecule has 0 spiro atoms. The Hall–Kier alpha value is -1.49. The molecule has 2 aromatic rings. The van der Waals surface area contributed by atoms with Gasteiger partial charge in [-0.05, 0) is 24.6 Å². The third kappa shape index (κ3) is 3.59. The summed E-state index contributed by atoms with van der Waals surface area (Å²) in [5.41, 5.74) is 2.25. The highest BCUT2D eigenvalue weighted by Crippen LogP contribution is 2.27. The normalized spacial score (nSPS) is 23.1. The molecule has 2 atom stereocenters. The lowest BCUT2D eigenvalue weighted by Crippen LogP contribution is -2.44. The highest BCUT2D eigenvalue weighted by molar-refractivity contribution is 6.30. The molecule has 0 radical (unpaired) electrons. The summed E-state index contributed by atoms with van der Waals surface area (Å²) in [4.78, 5) is 10.6. The molecule has 0 bridgehead atoms. The van der Waals surface area contributed by atoms with Gasteiger partial charge in [-0.1, -0.05) is 23.7 Å². The van der Waals surface area contributed by atoms with E-state index in [1.54, 1.807) is 6.33 Å². The fourth-order valence-electron chi connectivity index (χ4n) is 2.58. The summed E-state index contributed by atoms with van der Waals surface area (Å²) in [6, 6.07) is 8.27. The van der Waals surface area contributed by atoms with E-state index in [1.807, 2.05) is 30.6 Å². The third-order valence-electron chi connectivity index (χ3n) is 3.78. The van der Waals surface area contributed by atoms with Crippen molar-refractivity contribution >= 4 is 11.6 Å². The number of morpholine rings is 1. The van der Waals surface area contributed by atoms with Gasteiger partial charge in [-0.15, -0.1) is 0 Å². The topological polar surface area (TPSA) is 38.2 Å². The SMILES string of the molecule is C[C@@H]1CO[C@H](c2cccc(Cl)c2)CN1Cc1cncnc1. The molecule has 1 saturated heterocycles. The molecule has 5 heteroatoms. The predicted octanol–water partition coefficient (Wildman–Crippen LogP) is 3.09. The fourth-order valence-corrected chi connectivity index (χ4v) is 2.78. The molecule has 110 valence electrons.